The zero-order valence-corrected chi connectivity index (χ0v) is 17.9. The lowest BCUT2D eigenvalue weighted by atomic mass is 9.95. The Morgan fingerprint density at radius 1 is 1.27 bits per heavy atom. The van der Waals surface area contributed by atoms with Crippen molar-refractivity contribution in [1.82, 2.24) is 14.8 Å². The second-order valence-electron chi connectivity index (χ2n) is 8.52. The number of hydrogen-bond donors (Lipinski definition) is 2. The number of halogens is 3. The molecule has 2 aliphatic rings. The second kappa shape index (κ2) is 8.09. The minimum atomic E-state index is -1.19. The van der Waals surface area contributed by atoms with Crippen LogP contribution in [-0.2, 0) is 6.54 Å². The SMILES string of the molecule is C=C[C@H]1[C@@H](C2CC2C)N(C)C(=O)c2c(O)c(=O)c(C(=O)NCc3c(F)cc(F)cc3F)cn21. The molecule has 1 aliphatic carbocycles. The number of pyridine rings is 1. The summed E-state index contributed by atoms with van der Waals surface area (Å²) in [6.45, 7) is 5.21. The summed E-state index contributed by atoms with van der Waals surface area (Å²) in [6, 6.07) is 0.153. The molecule has 0 bridgehead atoms. The molecule has 174 valence electrons. The number of carbonyl (C=O) groups excluding carboxylic acids is 2. The molecule has 0 spiro atoms. The van der Waals surface area contributed by atoms with Crippen LogP contribution in [-0.4, -0.2) is 39.5 Å². The minimum absolute atomic E-state index is 0.193. The first-order chi connectivity index (χ1) is 15.6. The zero-order chi connectivity index (χ0) is 24.2. The molecule has 2 heterocycles. The van der Waals surface area contributed by atoms with Gasteiger partial charge in [0.2, 0.25) is 5.43 Å². The number of aromatic nitrogens is 1. The maximum atomic E-state index is 13.9. The van der Waals surface area contributed by atoms with Gasteiger partial charge in [0.25, 0.3) is 11.8 Å². The number of amides is 2. The Morgan fingerprint density at radius 3 is 2.42 bits per heavy atom. The van der Waals surface area contributed by atoms with Crippen molar-refractivity contribution in [2.45, 2.75) is 32.0 Å². The highest BCUT2D eigenvalue weighted by molar-refractivity contribution is 5.99. The van der Waals surface area contributed by atoms with Crippen LogP contribution in [0.25, 0.3) is 0 Å². The summed E-state index contributed by atoms with van der Waals surface area (Å²) in [6.07, 6.45) is 3.63. The summed E-state index contributed by atoms with van der Waals surface area (Å²) in [5, 5.41) is 12.7. The van der Waals surface area contributed by atoms with Crippen LogP contribution in [0.5, 0.6) is 5.75 Å². The lowest BCUT2D eigenvalue weighted by Gasteiger charge is -2.41. The molecular weight excluding hydrogens is 439 g/mol. The van der Waals surface area contributed by atoms with Crippen molar-refractivity contribution >= 4 is 11.8 Å². The predicted molar refractivity (Wildman–Crippen MR) is 112 cm³/mol. The molecule has 0 saturated heterocycles. The summed E-state index contributed by atoms with van der Waals surface area (Å²) in [5.41, 5.74) is -2.45. The summed E-state index contributed by atoms with van der Waals surface area (Å²) in [5.74, 6) is -5.40. The van der Waals surface area contributed by atoms with E-state index in [9.17, 15) is 32.7 Å². The fraction of sp³-hybridized carbons (Fsp3) is 0.348. The fourth-order valence-corrected chi connectivity index (χ4v) is 4.55. The maximum absolute atomic E-state index is 13.9. The minimum Gasteiger partial charge on any atom is -0.503 e. The third kappa shape index (κ3) is 3.69. The zero-order valence-electron chi connectivity index (χ0n) is 17.9. The molecule has 1 fully saturated rings. The Bertz CT molecular complexity index is 1220. The van der Waals surface area contributed by atoms with Crippen molar-refractivity contribution in [3.05, 3.63) is 75.5 Å². The van der Waals surface area contributed by atoms with Gasteiger partial charge in [-0.05, 0) is 18.3 Å². The lowest BCUT2D eigenvalue weighted by molar-refractivity contribution is 0.0578. The van der Waals surface area contributed by atoms with Gasteiger partial charge in [-0.1, -0.05) is 13.0 Å². The molecule has 1 aromatic carbocycles. The van der Waals surface area contributed by atoms with Crippen LogP contribution in [0.3, 0.4) is 0 Å². The summed E-state index contributed by atoms with van der Waals surface area (Å²) in [7, 11) is 1.59. The molecule has 2 unspecified atom stereocenters. The Kier molecular flexibility index (Phi) is 5.55. The van der Waals surface area contributed by atoms with Gasteiger partial charge in [0.1, 0.15) is 23.0 Å². The van der Waals surface area contributed by atoms with E-state index in [0.29, 0.717) is 18.1 Å². The molecule has 2 N–H and O–H groups in total. The number of nitrogens with one attached hydrogen (secondary N) is 1. The van der Waals surface area contributed by atoms with Crippen molar-refractivity contribution in [2.24, 2.45) is 11.8 Å². The van der Waals surface area contributed by atoms with Crippen LogP contribution in [0.2, 0.25) is 0 Å². The van der Waals surface area contributed by atoms with E-state index in [4.69, 9.17) is 0 Å². The van der Waals surface area contributed by atoms with Crippen molar-refractivity contribution < 1.29 is 27.9 Å². The molecule has 1 aliphatic heterocycles. The number of rotatable bonds is 5. The van der Waals surface area contributed by atoms with Crippen molar-refractivity contribution in [3.8, 4) is 5.75 Å². The molecule has 1 aromatic heterocycles. The van der Waals surface area contributed by atoms with E-state index in [1.54, 1.807) is 13.1 Å². The Morgan fingerprint density at radius 2 is 1.88 bits per heavy atom. The van der Waals surface area contributed by atoms with Crippen LogP contribution in [0.15, 0.2) is 35.8 Å². The number of benzene rings is 1. The molecule has 10 heteroatoms. The standard InChI is InChI=1S/C23H22F3N3O4/c1-4-17-18(12-5-10(12)2)28(3)23(33)19-21(31)20(30)14(9-29(17)19)22(32)27-8-13-15(25)6-11(24)7-16(13)26/h4,6-7,9-10,12,17-18,31H,1,5,8H2,2-3H3,(H,27,32)/t10?,12?,17-,18+/m0/s1. The van der Waals surface area contributed by atoms with Crippen LogP contribution < -0.4 is 10.7 Å². The molecule has 33 heavy (non-hydrogen) atoms. The van der Waals surface area contributed by atoms with E-state index in [0.717, 1.165) is 12.6 Å². The highest BCUT2D eigenvalue weighted by Crippen LogP contribution is 2.48. The quantitative estimate of drug-likeness (QED) is 0.670. The third-order valence-electron chi connectivity index (χ3n) is 6.48. The first-order valence-corrected chi connectivity index (χ1v) is 10.4. The number of fused-ring (bicyclic) bond motifs is 1. The number of hydrogen-bond acceptors (Lipinski definition) is 4. The number of carbonyl (C=O) groups is 2. The monoisotopic (exact) mass is 461 g/mol. The normalized spacial score (nSPS) is 23.8. The van der Waals surface area contributed by atoms with E-state index in [1.807, 2.05) is 6.92 Å². The summed E-state index contributed by atoms with van der Waals surface area (Å²) in [4.78, 5) is 39.8. The first kappa shape index (κ1) is 22.6. The summed E-state index contributed by atoms with van der Waals surface area (Å²) < 4.78 is 42.2. The highest BCUT2D eigenvalue weighted by Gasteiger charge is 2.49. The number of likely N-dealkylation sites (N-methyl/N-ethyl adjacent to an activating group) is 1. The van der Waals surface area contributed by atoms with Gasteiger partial charge in [0.15, 0.2) is 11.4 Å². The molecule has 2 amide bonds. The van der Waals surface area contributed by atoms with Crippen LogP contribution in [0, 0.1) is 29.3 Å². The lowest BCUT2D eigenvalue weighted by Crippen LogP contribution is -2.50. The van der Waals surface area contributed by atoms with Gasteiger partial charge in [-0.25, -0.2) is 13.2 Å². The van der Waals surface area contributed by atoms with Gasteiger partial charge in [0.05, 0.1) is 12.1 Å². The average Bonchev–Trinajstić information content (AvgIpc) is 3.47. The first-order valence-electron chi connectivity index (χ1n) is 10.4. The third-order valence-corrected chi connectivity index (χ3v) is 6.48. The largest absolute Gasteiger partial charge is 0.503 e. The molecule has 4 atom stereocenters. The smallest absolute Gasteiger partial charge is 0.274 e. The average molecular weight is 461 g/mol. The van der Waals surface area contributed by atoms with Crippen LogP contribution >= 0.6 is 0 Å². The van der Waals surface area contributed by atoms with E-state index in [-0.39, 0.29) is 17.7 Å². The molecule has 0 radical (unpaired) electrons. The predicted octanol–water partition coefficient (Wildman–Crippen LogP) is 2.74. The molecule has 2 aromatic rings. The number of nitrogens with zero attached hydrogens (tertiary/aromatic N) is 2. The Hall–Kier alpha value is -3.56. The molecule has 1 saturated carbocycles. The molecular formula is C23H22F3N3O4. The highest BCUT2D eigenvalue weighted by atomic mass is 19.1. The van der Waals surface area contributed by atoms with Gasteiger partial charge >= 0.3 is 0 Å². The van der Waals surface area contributed by atoms with E-state index < -0.39 is 64.2 Å². The van der Waals surface area contributed by atoms with Crippen LogP contribution in [0.1, 0.15) is 45.8 Å². The van der Waals surface area contributed by atoms with Gasteiger partial charge < -0.3 is 19.9 Å². The van der Waals surface area contributed by atoms with E-state index in [1.165, 1.54) is 9.47 Å². The Balaban J connectivity index is 1.71. The topological polar surface area (TPSA) is 91.6 Å². The maximum Gasteiger partial charge on any atom is 0.274 e. The molecule has 7 nitrogen and oxygen atoms in total. The van der Waals surface area contributed by atoms with Crippen molar-refractivity contribution in [1.29, 1.82) is 0 Å². The fourth-order valence-electron chi connectivity index (χ4n) is 4.55. The summed E-state index contributed by atoms with van der Waals surface area (Å²) >= 11 is 0. The number of aromatic hydroxyl groups is 1. The second-order valence-corrected chi connectivity index (χ2v) is 8.52. The van der Waals surface area contributed by atoms with Gasteiger partial charge in [0, 0.05) is 37.5 Å². The van der Waals surface area contributed by atoms with Gasteiger partial charge in [-0.2, -0.15) is 0 Å². The van der Waals surface area contributed by atoms with E-state index in [2.05, 4.69) is 11.9 Å². The van der Waals surface area contributed by atoms with Crippen molar-refractivity contribution in [3.63, 3.8) is 0 Å². The van der Waals surface area contributed by atoms with Crippen LogP contribution in [0.4, 0.5) is 13.2 Å². The van der Waals surface area contributed by atoms with E-state index >= 15 is 0 Å². The molecule has 4 rings (SSSR count). The van der Waals surface area contributed by atoms with Gasteiger partial charge in [-0.15, -0.1) is 6.58 Å². The van der Waals surface area contributed by atoms with Crippen molar-refractivity contribution in [2.75, 3.05) is 7.05 Å². The Labute approximate surface area is 187 Å². The van der Waals surface area contributed by atoms with Gasteiger partial charge in [-0.3, -0.25) is 14.4 Å².